The molecule has 6 heteroatoms. The van der Waals surface area contributed by atoms with E-state index in [9.17, 15) is 0 Å². The molecule has 8 aromatic carbocycles. The van der Waals surface area contributed by atoms with Crippen LogP contribution < -0.4 is 20.7 Å². The highest BCUT2D eigenvalue weighted by Gasteiger charge is 2.42. The normalized spacial score (nSPS) is 11.9. The number of hydrogen-bond donors (Lipinski definition) is 0. The summed E-state index contributed by atoms with van der Waals surface area (Å²) < 4.78 is 13.0. The van der Waals surface area contributed by atoms with Gasteiger partial charge in [-0.05, 0) is 45.0 Å². The maximum Gasteiger partial charge on any atom is 0.179 e. The lowest BCUT2D eigenvalue weighted by atomic mass is 10.1. The Bertz CT molecular complexity index is 3210. The van der Waals surface area contributed by atoms with Crippen LogP contribution in [0.3, 0.4) is 0 Å². The quantitative estimate of drug-likeness (QED) is 0.120. The van der Waals surface area contributed by atoms with Gasteiger partial charge in [0.05, 0.1) is 5.56 Å². The lowest BCUT2D eigenvalue weighted by Gasteiger charge is -2.34. The second-order valence-electron chi connectivity index (χ2n) is 14.3. The molecule has 0 saturated carbocycles. The highest BCUT2D eigenvalue weighted by molar-refractivity contribution is 7.20. The summed E-state index contributed by atoms with van der Waals surface area (Å²) in [6, 6.07) is 70.2. The molecular formula is C51H33N3O2Si. The standard InChI is InChI=1S/C51H33N3O2Si/c1-4-16-34(17-5-1)49-52-50(54-51(53-49)44-27-15-26-43-41-25-11-13-29-46(41)56-48(43)44)35-18-14-23-38(32-35)57(36-19-6-2-7-20-36,37-21-8-3-9-22-37)39-30-31-42-40-24-10-12-28-45(40)55-47(42)33-39/h1-33H. The molecule has 0 amide bonds. The molecule has 268 valence electrons. The number of para-hydroxylation sites is 3. The number of furan rings is 2. The van der Waals surface area contributed by atoms with Crippen LogP contribution in [-0.4, -0.2) is 23.0 Å². The van der Waals surface area contributed by atoms with E-state index in [1.165, 1.54) is 20.7 Å². The fraction of sp³-hybridized carbons (Fsp3) is 0. The minimum absolute atomic E-state index is 0.555. The van der Waals surface area contributed by atoms with Crippen LogP contribution in [0.2, 0.25) is 0 Å². The van der Waals surface area contributed by atoms with E-state index >= 15 is 0 Å². The van der Waals surface area contributed by atoms with Crippen molar-refractivity contribution in [2.75, 3.05) is 0 Å². The number of aromatic nitrogens is 3. The first-order valence-electron chi connectivity index (χ1n) is 19.1. The molecule has 0 radical (unpaired) electrons. The third kappa shape index (κ3) is 5.41. The van der Waals surface area contributed by atoms with Gasteiger partial charge in [-0.3, -0.25) is 0 Å². The van der Waals surface area contributed by atoms with Crippen LogP contribution >= 0.6 is 0 Å². The van der Waals surface area contributed by atoms with E-state index in [0.29, 0.717) is 17.5 Å². The first-order valence-corrected chi connectivity index (χ1v) is 21.1. The molecule has 3 aromatic heterocycles. The fourth-order valence-electron chi connectivity index (χ4n) is 8.49. The van der Waals surface area contributed by atoms with Crippen LogP contribution in [0.15, 0.2) is 209 Å². The first-order chi connectivity index (χ1) is 28.2. The SMILES string of the molecule is c1ccc(-c2nc(-c3cccc([Si](c4ccccc4)(c4ccccc4)c4ccc5c(c4)oc4ccccc45)c3)nc(-c3cccc4c3oc3ccccc34)n2)cc1. The molecule has 3 heterocycles. The summed E-state index contributed by atoms with van der Waals surface area (Å²) in [4.78, 5) is 15.5. The molecule has 0 aliphatic heterocycles. The van der Waals surface area contributed by atoms with Crippen molar-refractivity contribution in [1.29, 1.82) is 0 Å². The van der Waals surface area contributed by atoms with Crippen molar-refractivity contribution in [3.63, 3.8) is 0 Å². The van der Waals surface area contributed by atoms with Crippen molar-refractivity contribution in [3.05, 3.63) is 200 Å². The van der Waals surface area contributed by atoms with Crippen LogP contribution in [0.1, 0.15) is 0 Å². The topological polar surface area (TPSA) is 65.0 Å². The Hall–Kier alpha value is -7.41. The molecule has 11 aromatic rings. The molecule has 0 saturated heterocycles. The highest BCUT2D eigenvalue weighted by Crippen LogP contribution is 2.36. The van der Waals surface area contributed by atoms with Crippen LogP contribution in [0.5, 0.6) is 0 Å². The zero-order valence-corrected chi connectivity index (χ0v) is 31.7. The van der Waals surface area contributed by atoms with Crippen molar-refractivity contribution < 1.29 is 8.83 Å². The Balaban J connectivity index is 1.16. The Kier molecular flexibility index (Phi) is 7.76. The number of rotatable bonds is 7. The molecule has 0 aliphatic rings. The molecule has 0 bridgehead atoms. The third-order valence-electron chi connectivity index (χ3n) is 11.1. The van der Waals surface area contributed by atoms with Crippen molar-refractivity contribution in [1.82, 2.24) is 15.0 Å². The molecule has 0 aliphatic carbocycles. The summed E-state index contributed by atoms with van der Waals surface area (Å²) >= 11 is 0. The average molecular weight is 748 g/mol. The molecule has 5 nitrogen and oxygen atoms in total. The molecule has 0 unspecified atom stereocenters. The molecule has 0 N–H and O–H groups in total. The van der Waals surface area contributed by atoms with E-state index in [-0.39, 0.29) is 0 Å². The van der Waals surface area contributed by atoms with Gasteiger partial charge in [0.25, 0.3) is 0 Å². The fourth-order valence-corrected chi connectivity index (χ4v) is 13.3. The Labute approximate surface area is 329 Å². The predicted molar refractivity (Wildman–Crippen MR) is 234 cm³/mol. The predicted octanol–water partition coefficient (Wildman–Crippen LogP) is 10.0. The Morgan fingerprint density at radius 3 is 1.53 bits per heavy atom. The largest absolute Gasteiger partial charge is 0.456 e. The smallest absolute Gasteiger partial charge is 0.179 e. The Morgan fingerprint density at radius 1 is 0.316 bits per heavy atom. The summed E-state index contributed by atoms with van der Waals surface area (Å²) in [6.07, 6.45) is 0. The van der Waals surface area contributed by atoms with Crippen molar-refractivity contribution in [2.45, 2.75) is 0 Å². The van der Waals surface area contributed by atoms with Crippen LogP contribution in [-0.2, 0) is 0 Å². The van der Waals surface area contributed by atoms with E-state index < -0.39 is 8.07 Å². The van der Waals surface area contributed by atoms with Crippen molar-refractivity contribution in [2.24, 2.45) is 0 Å². The van der Waals surface area contributed by atoms with E-state index in [4.69, 9.17) is 23.8 Å². The van der Waals surface area contributed by atoms with Gasteiger partial charge in [0.15, 0.2) is 25.5 Å². The zero-order chi connectivity index (χ0) is 37.8. The van der Waals surface area contributed by atoms with E-state index in [2.05, 4.69) is 127 Å². The molecule has 11 rings (SSSR count). The van der Waals surface area contributed by atoms with Gasteiger partial charge in [-0.15, -0.1) is 0 Å². The average Bonchev–Trinajstić information content (AvgIpc) is 3.86. The maximum absolute atomic E-state index is 6.54. The second-order valence-corrected chi connectivity index (χ2v) is 18.1. The lowest BCUT2D eigenvalue weighted by Crippen LogP contribution is -2.74. The van der Waals surface area contributed by atoms with E-state index in [1.807, 2.05) is 72.8 Å². The lowest BCUT2D eigenvalue weighted by molar-refractivity contribution is 0.669. The minimum Gasteiger partial charge on any atom is -0.456 e. The van der Waals surface area contributed by atoms with Gasteiger partial charge < -0.3 is 8.83 Å². The first kappa shape index (κ1) is 33.0. The third-order valence-corrected chi connectivity index (χ3v) is 15.8. The van der Waals surface area contributed by atoms with E-state index in [0.717, 1.165) is 60.6 Å². The number of benzene rings is 8. The van der Waals surface area contributed by atoms with Crippen molar-refractivity contribution >= 4 is 72.7 Å². The maximum atomic E-state index is 6.54. The van der Waals surface area contributed by atoms with Gasteiger partial charge in [-0.2, -0.15) is 0 Å². The van der Waals surface area contributed by atoms with Crippen molar-refractivity contribution in [3.8, 4) is 34.2 Å². The van der Waals surface area contributed by atoms with Crippen LogP contribution in [0.4, 0.5) is 0 Å². The molecule has 0 fully saturated rings. The minimum atomic E-state index is -2.99. The monoisotopic (exact) mass is 747 g/mol. The van der Waals surface area contributed by atoms with Gasteiger partial charge >= 0.3 is 0 Å². The van der Waals surface area contributed by atoms with Gasteiger partial charge in [0, 0.05) is 32.7 Å². The Morgan fingerprint density at radius 2 is 0.807 bits per heavy atom. The highest BCUT2D eigenvalue weighted by atomic mass is 28.3. The molecule has 57 heavy (non-hydrogen) atoms. The molecule has 0 spiro atoms. The zero-order valence-electron chi connectivity index (χ0n) is 30.7. The van der Waals surface area contributed by atoms with Gasteiger partial charge in [-0.1, -0.05) is 176 Å². The summed E-state index contributed by atoms with van der Waals surface area (Å²) in [7, 11) is -2.99. The summed E-state index contributed by atoms with van der Waals surface area (Å²) in [5, 5.41) is 9.27. The summed E-state index contributed by atoms with van der Waals surface area (Å²) in [5.41, 5.74) is 5.97. The number of fused-ring (bicyclic) bond motifs is 6. The van der Waals surface area contributed by atoms with Gasteiger partial charge in [0.2, 0.25) is 0 Å². The molecule has 0 atom stereocenters. The van der Waals surface area contributed by atoms with Crippen LogP contribution in [0, 0.1) is 0 Å². The summed E-state index contributed by atoms with van der Waals surface area (Å²) in [6.45, 7) is 0. The van der Waals surface area contributed by atoms with Gasteiger partial charge in [-0.25, -0.2) is 15.0 Å². The number of hydrogen-bond acceptors (Lipinski definition) is 5. The van der Waals surface area contributed by atoms with Crippen LogP contribution in [0.25, 0.3) is 78.0 Å². The molecular weight excluding hydrogens is 715 g/mol. The number of nitrogens with zero attached hydrogens (tertiary/aromatic N) is 3. The van der Waals surface area contributed by atoms with E-state index in [1.54, 1.807) is 0 Å². The second kappa shape index (κ2) is 13.4. The summed E-state index contributed by atoms with van der Waals surface area (Å²) in [5.74, 6) is 1.74. The van der Waals surface area contributed by atoms with Gasteiger partial charge in [0.1, 0.15) is 22.3 Å².